The highest BCUT2D eigenvalue weighted by atomic mass is 35.5. The topological polar surface area (TPSA) is 91.3 Å². The van der Waals surface area contributed by atoms with E-state index in [1.165, 1.54) is 6.26 Å². The summed E-state index contributed by atoms with van der Waals surface area (Å²) >= 11 is 6.33. The molecule has 0 radical (unpaired) electrons. The van der Waals surface area contributed by atoms with Crippen LogP contribution in [0.4, 0.5) is 5.82 Å². The van der Waals surface area contributed by atoms with Gasteiger partial charge in [0.15, 0.2) is 23.5 Å². The van der Waals surface area contributed by atoms with Gasteiger partial charge < -0.3 is 19.5 Å². The third-order valence-corrected chi connectivity index (χ3v) is 5.49. The van der Waals surface area contributed by atoms with Crippen LogP contribution in [0.1, 0.15) is 25.6 Å². The predicted octanol–water partition coefficient (Wildman–Crippen LogP) is 5.65. The van der Waals surface area contributed by atoms with Gasteiger partial charge in [0.1, 0.15) is 24.4 Å². The molecule has 0 bridgehead atoms. The zero-order valence-electron chi connectivity index (χ0n) is 18.5. The number of ether oxygens (including phenoxy) is 3. The molecule has 0 fully saturated rings. The average Bonchev–Trinajstić information content (AvgIpc) is 2.88. The lowest BCUT2D eigenvalue weighted by Crippen LogP contribution is -2.13. The molecule has 2 aliphatic rings. The second-order valence-corrected chi connectivity index (χ2v) is 7.92. The molecule has 34 heavy (non-hydrogen) atoms. The average molecular weight is 476 g/mol. The van der Waals surface area contributed by atoms with Gasteiger partial charge in [-0.1, -0.05) is 29.8 Å². The SMILES string of the molecule is CCOCc1nc(NC2=COC=C(C3=CC=CCC3)O2)c2ccc(-c3ncccc3Cl)nc2n1. The van der Waals surface area contributed by atoms with Crippen molar-refractivity contribution in [2.24, 2.45) is 0 Å². The minimum absolute atomic E-state index is 0.248. The van der Waals surface area contributed by atoms with Crippen LogP contribution in [0.25, 0.3) is 22.4 Å². The molecule has 9 heteroatoms. The fraction of sp³-hybridized carbons (Fsp3) is 0.200. The molecule has 8 nitrogen and oxygen atoms in total. The van der Waals surface area contributed by atoms with Gasteiger partial charge in [0, 0.05) is 12.8 Å². The van der Waals surface area contributed by atoms with Crippen LogP contribution in [0.15, 0.2) is 78.4 Å². The number of hydrogen-bond donors (Lipinski definition) is 1. The van der Waals surface area contributed by atoms with Crippen LogP contribution >= 0.6 is 11.6 Å². The fourth-order valence-electron chi connectivity index (χ4n) is 3.56. The maximum atomic E-state index is 6.33. The van der Waals surface area contributed by atoms with Crippen molar-refractivity contribution >= 4 is 28.5 Å². The highest BCUT2D eigenvalue weighted by molar-refractivity contribution is 6.32. The molecule has 3 aromatic rings. The van der Waals surface area contributed by atoms with Crippen molar-refractivity contribution in [3.8, 4) is 11.4 Å². The minimum Gasteiger partial charge on any atom is -0.463 e. The van der Waals surface area contributed by atoms with Crippen molar-refractivity contribution < 1.29 is 14.2 Å². The normalized spacial score (nSPS) is 15.2. The number of allylic oxidation sites excluding steroid dienone is 4. The summed E-state index contributed by atoms with van der Waals surface area (Å²) in [7, 11) is 0. The van der Waals surface area contributed by atoms with Crippen LogP contribution in [-0.2, 0) is 20.8 Å². The lowest BCUT2D eigenvalue weighted by atomic mass is 10.0. The van der Waals surface area contributed by atoms with E-state index in [9.17, 15) is 0 Å². The largest absolute Gasteiger partial charge is 0.463 e. The second-order valence-electron chi connectivity index (χ2n) is 7.51. The molecule has 0 atom stereocenters. The number of pyridine rings is 2. The first-order valence-electron chi connectivity index (χ1n) is 10.9. The summed E-state index contributed by atoms with van der Waals surface area (Å²) in [5, 5.41) is 4.44. The smallest absolute Gasteiger partial charge is 0.234 e. The Morgan fingerprint density at radius 1 is 1.15 bits per heavy atom. The maximum absolute atomic E-state index is 6.33. The summed E-state index contributed by atoms with van der Waals surface area (Å²) in [6, 6.07) is 7.27. The number of nitrogens with zero attached hydrogens (tertiary/aromatic N) is 4. The number of aromatic nitrogens is 4. The van der Waals surface area contributed by atoms with Crippen LogP contribution < -0.4 is 5.32 Å². The van der Waals surface area contributed by atoms with Gasteiger partial charge in [-0.25, -0.2) is 15.0 Å². The first-order valence-corrected chi connectivity index (χ1v) is 11.3. The molecule has 0 saturated carbocycles. The molecular formula is C25H22ClN5O3. The van der Waals surface area contributed by atoms with Gasteiger partial charge in [-0.05, 0) is 49.6 Å². The Balaban J connectivity index is 1.48. The van der Waals surface area contributed by atoms with Crippen LogP contribution in [0.5, 0.6) is 0 Å². The number of hydrogen-bond acceptors (Lipinski definition) is 8. The van der Waals surface area contributed by atoms with Gasteiger partial charge in [0.25, 0.3) is 0 Å². The maximum Gasteiger partial charge on any atom is 0.234 e. The Morgan fingerprint density at radius 2 is 2.09 bits per heavy atom. The number of rotatable bonds is 7. The highest BCUT2D eigenvalue weighted by Gasteiger charge is 2.18. The van der Waals surface area contributed by atoms with Crippen LogP contribution in [0.2, 0.25) is 5.02 Å². The second kappa shape index (κ2) is 10.0. The van der Waals surface area contributed by atoms with Crippen molar-refractivity contribution in [2.75, 3.05) is 11.9 Å². The van der Waals surface area contributed by atoms with E-state index in [4.69, 9.17) is 30.8 Å². The number of halogens is 1. The van der Waals surface area contributed by atoms with Crippen LogP contribution in [0, 0.1) is 0 Å². The summed E-state index contributed by atoms with van der Waals surface area (Å²) in [4.78, 5) is 18.3. The molecule has 1 aliphatic carbocycles. The Bertz CT molecular complexity index is 1350. The highest BCUT2D eigenvalue weighted by Crippen LogP contribution is 2.30. The van der Waals surface area contributed by atoms with Crippen molar-refractivity contribution in [1.29, 1.82) is 0 Å². The summed E-state index contributed by atoms with van der Waals surface area (Å²) < 4.78 is 17.1. The Morgan fingerprint density at radius 3 is 2.91 bits per heavy atom. The van der Waals surface area contributed by atoms with E-state index in [-0.39, 0.29) is 6.61 Å². The molecular weight excluding hydrogens is 454 g/mol. The van der Waals surface area contributed by atoms with Crippen molar-refractivity contribution in [1.82, 2.24) is 19.9 Å². The zero-order chi connectivity index (χ0) is 23.3. The molecule has 0 unspecified atom stereocenters. The van der Waals surface area contributed by atoms with E-state index < -0.39 is 0 Å². The minimum atomic E-state index is 0.248. The molecule has 1 aliphatic heterocycles. The van der Waals surface area contributed by atoms with Crippen LogP contribution in [-0.4, -0.2) is 26.5 Å². The molecule has 0 aromatic carbocycles. The summed E-state index contributed by atoms with van der Waals surface area (Å²) in [6.45, 7) is 2.71. The Hall–Kier alpha value is -3.75. The quantitative estimate of drug-likeness (QED) is 0.468. The molecule has 0 amide bonds. The van der Waals surface area contributed by atoms with E-state index in [0.717, 1.165) is 18.4 Å². The van der Waals surface area contributed by atoms with Crippen molar-refractivity contribution in [3.05, 3.63) is 89.3 Å². The van der Waals surface area contributed by atoms with E-state index in [1.807, 2.05) is 31.2 Å². The van der Waals surface area contributed by atoms with E-state index in [0.29, 0.717) is 57.3 Å². The molecule has 5 rings (SSSR count). The summed E-state index contributed by atoms with van der Waals surface area (Å²) in [5.41, 5.74) is 2.75. The predicted molar refractivity (Wildman–Crippen MR) is 129 cm³/mol. The summed E-state index contributed by atoms with van der Waals surface area (Å²) in [5.74, 6) is 2.08. The fourth-order valence-corrected chi connectivity index (χ4v) is 3.78. The molecule has 4 heterocycles. The van der Waals surface area contributed by atoms with Crippen molar-refractivity contribution in [3.63, 3.8) is 0 Å². The van der Waals surface area contributed by atoms with E-state index in [2.05, 4.69) is 26.3 Å². The third-order valence-electron chi connectivity index (χ3n) is 5.18. The monoisotopic (exact) mass is 475 g/mol. The Labute approximate surface area is 201 Å². The van der Waals surface area contributed by atoms with Gasteiger partial charge in [-0.15, -0.1) is 0 Å². The third kappa shape index (κ3) is 4.78. The molecule has 0 spiro atoms. The first-order chi connectivity index (χ1) is 16.7. The standard InChI is InChI=1S/C25H22ClN5O3/c1-2-32-14-21-29-24-17(10-11-19(28-24)23-18(26)9-6-12-27-23)25(30-21)31-22-15-33-13-20(34-22)16-7-4-3-5-8-16/h3-4,6-7,9-13,15H,2,5,8,14H2,1H3,(H,28,29,30,31). The molecule has 3 aromatic heterocycles. The van der Waals surface area contributed by atoms with Gasteiger partial charge in [-0.3, -0.25) is 4.98 Å². The lowest BCUT2D eigenvalue weighted by molar-refractivity contribution is 0.128. The zero-order valence-corrected chi connectivity index (χ0v) is 19.2. The van der Waals surface area contributed by atoms with Gasteiger partial charge in [-0.2, -0.15) is 0 Å². The van der Waals surface area contributed by atoms with Gasteiger partial charge >= 0.3 is 0 Å². The first kappa shape index (κ1) is 22.1. The molecule has 0 saturated heterocycles. The summed E-state index contributed by atoms with van der Waals surface area (Å²) in [6.07, 6.45) is 12.8. The lowest BCUT2D eigenvalue weighted by Gasteiger charge is -2.20. The molecule has 172 valence electrons. The van der Waals surface area contributed by atoms with Gasteiger partial charge in [0.2, 0.25) is 5.88 Å². The van der Waals surface area contributed by atoms with E-state index in [1.54, 1.807) is 24.6 Å². The van der Waals surface area contributed by atoms with Gasteiger partial charge in [0.05, 0.1) is 16.1 Å². The Kier molecular flexibility index (Phi) is 6.51. The molecule has 1 N–H and O–H groups in total. The number of fused-ring (bicyclic) bond motifs is 1. The van der Waals surface area contributed by atoms with E-state index >= 15 is 0 Å². The van der Waals surface area contributed by atoms with Crippen molar-refractivity contribution in [2.45, 2.75) is 26.4 Å². The number of anilines is 1. The number of nitrogens with one attached hydrogen (secondary N) is 1. The van der Waals surface area contributed by atoms with Crippen LogP contribution in [0.3, 0.4) is 0 Å².